The smallest absolute Gasteiger partial charge is 0.294 e. The van der Waals surface area contributed by atoms with Gasteiger partial charge in [-0.1, -0.05) is 30.9 Å². The van der Waals surface area contributed by atoms with Crippen LogP contribution in [0.25, 0.3) is 6.08 Å². The van der Waals surface area contributed by atoms with Crippen molar-refractivity contribution in [2.24, 2.45) is 0 Å². The first kappa shape index (κ1) is 23.1. The van der Waals surface area contributed by atoms with Gasteiger partial charge in [-0.2, -0.15) is 0 Å². The Hall–Kier alpha value is -3.52. The minimum absolute atomic E-state index is 0.237. The zero-order valence-electron chi connectivity index (χ0n) is 17.9. The molecule has 2 aromatic carbocycles. The van der Waals surface area contributed by atoms with Gasteiger partial charge in [0.25, 0.3) is 11.1 Å². The van der Waals surface area contributed by atoms with Gasteiger partial charge in [-0.15, -0.1) is 0 Å². The Morgan fingerprint density at radius 1 is 1.16 bits per heavy atom. The third-order valence-electron chi connectivity index (χ3n) is 4.40. The molecule has 0 radical (unpaired) electrons. The SMILES string of the molecule is C=CCOc1ccc(/C=C2/SC(=O)N(CC(=O)Nc3cccc(C)c3)C2=O)cc1OCC. The molecular weight excluding hydrogens is 428 g/mol. The van der Waals surface area contributed by atoms with Crippen molar-refractivity contribution in [1.29, 1.82) is 0 Å². The lowest BCUT2D eigenvalue weighted by atomic mass is 10.2. The van der Waals surface area contributed by atoms with Crippen LogP contribution >= 0.6 is 11.8 Å². The van der Waals surface area contributed by atoms with E-state index in [0.717, 1.165) is 22.2 Å². The lowest BCUT2D eigenvalue weighted by Gasteiger charge is -2.13. The summed E-state index contributed by atoms with van der Waals surface area (Å²) >= 11 is 0.798. The van der Waals surface area contributed by atoms with Crippen molar-refractivity contribution in [3.8, 4) is 11.5 Å². The van der Waals surface area contributed by atoms with Crippen LogP contribution in [0.5, 0.6) is 11.5 Å². The average Bonchev–Trinajstić information content (AvgIpc) is 3.00. The van der Waals surface area contributed by atoms with E-state index < -0.39 is 17.1 Å². The van der Waals surface area contributed by atoms with Crippen LogP contribution in [0.4, 0.5) is 10.5 Å². The number of thioether (sulfide) groups is 1. The van der Waals surface area contributed by atoms with Crippen molar-refractivity contribution < 1.29 is 23.9 Å². The first-order chi connectivity index (χ1) is 15.4. The summed E-state index contributed by atoms with van der Waals surface area (Å²) in [6.45, 7) is 7.82. The number of ether oxygens (including phenoxy) is 2. The van der Waals surface area contributed by atoms with Gasteiger partial charge >= 0.3 is 0 Å². The van der Waals surface area contributed by atoms with Gasteiger partial charge in [0.15, 0.2) is 11.5 Å². The predicted octanol–water partition coefficient (Wildman–Crippen LogP) is 4.63. The average molecular weight is 453 g/mol. The number of hydrogen-bond acceptors (Lipinski definition) is 6. The van der Waals surface area contributed by atoms with Crippen LogP contribution in [0.15, 0.2) is 60.0 Å². The van der Waals surface area contributed by atoms with Crippen LogP contribution in [0.2, 0.25) is 0 Å². The van der Waals surface area contributed by atoms with E-state index in [1.165, 1.54) is 0 Å². The van der Waals surface area contributed by atoms with Crippen molar-refractivity contribution in [2.75, 3.05) is 25.1 Å². The monoisotopic (exact) mass is 452 g/mol. The molecule has 1 aliphatic heterocycles. The Kier molecular flexibility index (Phi) is 7.72. The summed E-state index contributed by atoms with van der Waals surface area (Å²) in [5.74, 6) is 0.135. The number of nitrogens with zero attached hydrogens (tertiary/aromatic N) is 1. The number of nitrogens with one attached hydrogen (secondary N) is 1. The molecule has 7 nitrogen and oxygen atoms in total. The van der Waals surface area contributed by atoms with Crippen molar-refractivity contribution >= 4 is 40.6 Å². The number of hydrogen-bond donors (Lipinski definition) is 1. The lowest BCUT2D eigenvalue weighted by Crippen LogP contribution is -2.36. The number of imide groups is 1. The van der Waals surface area contributed by atoms with Crippen LogP contribution in [-0.2, 0) is 9.59 Å². The second kappa shape index (κ2) is 10.7. The highest BCUT2D eigenvalue weighted by atomic mass is 32.2. The second-order valence-corrected chi connectivity index (χ2v) is 7.92. The molecule has 166 valence electrons. The van der Waals surface area contributed by atoms with Gasteiger partial charge in [-0.3, -0.25) is 19.3 Å². The van der Waals surface area contributed by atoms with Crippen molar-refractivity contribution in [2.45, 2.75) is 13.8 Å². The van der Waals surface area contributed by atoms with Gasteiger partial charge in [0, 0.05) is 5.69 Å². The Labute approximate surface area is 191 Å². The molecule has 0 unspecified atom stereocenters. The molecular formula is C24H24N2O5S. The Morgan fingerprint density at radius 3 is 2.69 bits per heavy atom. The molecule has 3 amide bonds. The quantitative estimate of drug-likeness (QED) is 0.441. The van der Waals surface area contributed by atoms with Crippen LogP contribution in [-0.4, -0.2) is 41.7 Å². The van der Waals surface area contributed by atoms with Crippen LogP contribution in [0.1, 0.15) is 18.1 Å². The first-order valence-corrected chi connectivity index (χ1v) is 10.9. The van der Waals surface area contributed by atoms with E-state index >= 15 is 0 Å². The lowest BCUT2D eigenvalue weighted by molar-refractivity contribution is -0.127. The summed E-state index contributed by atoms with van der Waals surface area (Å²) in [5.41, 5.74) is 2.28. The van der Waals surface area contributed by atoms with E-state index in [0.29, 0.717) is 36.0 Å². The Bertz CT molecular complexity index is 1080. The zero-order valence-corrected chi connectivity index (χ0v) is 18.7. The molecule has 0 bridgehead atoms. The maximum Gasteiger partial charge on any atom is 0.294 e. The number of benzene rings is 2. The van der Waals surface area contributed by atoms with E-state index in [2.05, 4.69) is 11.9 Å². The highest BCUT2D eigenvalue weighted by Crippen LogP contribution is 2.34. The molecule has 1 N–H and O–H groups in total. The number of rotatable bonds is 9. The third-order valence-corrected chi connectivity index (χ3v) is 5.31. The summed E-state index contributed by atoms with van der Waals surface area (Å²) in [6.07, 6.45) is 3.23. The van der Waals surface area contributed by atoms with Gasteiger partial charge in [0.1, 0.15) is 13.2 Å². The van der Waals surface area contributed by atoms with Gasteiger partial charge in [-0.05, 0) is 67.1 Å². The normalized spacial score (nSPS) is 14.6. The largest absolute Gasteiger partial charge is 0.490 e. The fourth-order valence-corrected chi connectivity index (χ4v) is 3.84. The summed E-state index contributed by atoms with van der Waals surface area (Å²) < 4.78 is 11.2. The van der Waals surface area contributed by atoms with Crippen molar-refractivity contribution in [1.82, 2.24) is 4.90 Å². The van der Waals surface area contributed by atoms with Crippen molar-refractivity contribution in [3.05, 3.63) is 71.2 Å². The van der Waals surface area contributed by atoms with E-state index in [1.807, 2.05) is 32.0 Å². The zero-order chi connectivity index (χ0) is 23.1. The second-order valence-electron chi connectivity index (χ2n) is 6.92. The van der Waals surface area contributed by atoms with E-state index in [1.54, 1.807) is 36.4 Å². The van der Waals surface area contributed by atoms with Gasteiger partial charge in [0.2, 0.25) is 5.91 Å². The summed E-state index contributed by atoms with van der Waals surface area (Å²) in [4.78, 5) is 38.6. The van der Waals surface area contributed by atoms with Crippen LogP contribution in [0.3, 0.4) is 0 Å². The molecule has 0 atom stereocenters. The first-order valence-electron chi connectivity index (χ1n) is 10.0. The van der Waals surface area contributed by atoms with E-state index in [9.17, 15) is 14.4 Å². The molecule has 1 fully saturated rings. The molecule has 8 heteroatoms. The number of carbonyl (C=O) groups is 3. The molecule has 2 aromatic rings. The Balaban J connectivity index is 1.72. The van der Waals surface area contributed by atoms with Gasteiger partial charge < -0.3 is 14.8 Å². The molecule has 32 heavy (non-hydrogen) atoms. The minimum atomic E-state index is -0.510. The minimum Gasteiger partial charge on any atom is -0.490 e. The number of carbonyl (C=O) groups excluding carboxylic acids is 3. The molecule has 0 saturated carbocycles. The summed E-state index contributed by atoms with van der Waals surface area (Å²) in [5, 5.41) is 2.22. The van der Waals surface area contributed by atoms with E-state index in [4.69, 9.17) is 9.47 Å². The molecule has 0 aromatic heterocycles. The van der Waals surface area contributed by atoms with Crippen LogP contribution in [0, 0.1) is 6.92 Å². The summed E-state index contributed by atoms with van der Waals surface area (Å²) in [7, 11) is 0. The summed E-state index contributed by atoms with van der Waals surface area (Å²) in [6, 6.07) is 12.5. The highest BCUT2D eigenvalue weighted by molar-refractivity contribution is 8.18. The topological polar surface area (TPSA) is 84.9 Å². The molecule has 0 aliphatic carbocycles. The maximum absolute atomic E-state index is 12.8. The number of anilines is 1. The van der Waals surface area contributed by atoms with Crippen LogP contribution < -0.4 is 14.8 Å². The van der Waals surface area contributed by atoms with Gasteiger partial charge in [-0.25, -0.2) is 0 Å². The molecule has 0 spiro atoms. The Morgan fingerprint density at radius 2 is 1.97 bits per heavy atom. The standard InChI is InChI=1S/C24H24N2O5S/c1-4-11-31-19-10-9-17(13-20(19)30-5-2)14-21-23(28)26(24(29)32-21)15-22(27)25-18-8-6-7-16(3)12-18/h4,6-10,12-14H,1,5,11,15H2,2-3H3,(H,25,27)/b21-14+. The van der Waals surface area contributed by atoms with Gasteiger partial charge in [0.05, 0.1) is 11.5 Å². The fourth-order valence-electron chi connectivity index (χ4n) is 3.01. The number of amides is 3. The predicted molar refractivity (Wildman–Crippen MR) is 126 cm³/mol. The molecule has 1 aliphatic rings. The molecule has 1 heterocycles. The molecule has 3 rings (SSSR count). The van der Waals surface area contributed by atoms with E-state index in [-0.39, 0.29) is 11.4 Å². The molecule has 1 saturated heterocycles. The van der Waals surface area contributed by atoms with Crippen molar-refractivity contribution in [3.63, 3.8) is 0 Å². The highest BCUT2D eigenvalue weighted by Gasteiger charge is 2.36. The third kappa shape index (κ3) is 5.79. The maximum atomic E-state index is 12.8. The number of aryl methyl sites for hydroxylation is 1. The fraction of sp³-hybridized carbons (Fsp3) is 0.208.